The van der Waals surface area contributed by atoms with Crippen molar-refractivity contribution in [1.29, 1.82) is 0 Å². The van der Waals surface area contributed by atoms with E-state index in [1.54, 1.807) is 0 Å². The summed E-state index contributed by atoms with van der Waals surface area (Å²) in [5.41, 5.74) is 0.518. The molecule has 0 radical (unpaired) electrons. The second kappa shape index (κ2) is 6.97. The normalized spacial score (nSPS) is 20.9. The monoisotopic (exact) mass is 221 g/mol. The molecule has 1 fully saturated rings. The molecular weight excluding hydrogens is 194 g/mol. The highest BCUT2D eigenvalue weighted by Crippen LogP contribution is 2.40. The van der Waals surface area contributed by atoms with Crippen LogP contribution in [-0.4, -0.2) is 12.6 Å². The highest BCUT2D eigenvalue weighted by atomic mass is 14.9. The minimum atomic E-state index is 0.518. The average molecular weight is 221 g/mol. The van der Waals surface area contributed by atoms with Gasteiger partial charge in [0.15, 0.2) is 0 Å². The van der Waals surface area contributed by atoms with E-state index in [0.29, 0.717) is 11.5 Å². The lowest BCUT2D eigenvalue weighted by molar-refractivity contribution is 0.140. The van der Waals surface area contributed by atoms with Crippen LogP contribution in [0.4, 0.5) is 0 Å². The van der Waals surface area contributed by atoms with Gasteiger partial charge in [-0.3, -0.25) is 0 Å². The Labute approximate surface area is 101 Å². The molecular formula is C15H27N. The van der Waals surface area contributed by atoms with Gasteiger partial charge in [0.2, 0.25) is 0 Å². The average Bonchev–Trinajstić information content (AvgIpc) is 2.29. The third-order valence-electron chi connectivity index (χ3n) is 4.02. The van der Waals surface area contributed by atoms with Gasteiger partial charge in [-0.2, -0.15) is 0 Å². The van der Waals surface area contributed by atoms with Crippen LogP contribution < -0.4 is 5.32 Å². The van der Waals surface area contributed by atoms with Crippen molar-refractivity contribution in [2.45, 2.75) is 71.8 Å². The quantitative estimate of drug-likeness (QED) is 0.697. The van der Waals surface area contributed by atoms with Gasteiger partial charge in [0, 0.05) is 12.5 Å². The first kappa shape index (κ1) is 13.6. The summed E-state index contributed by atoms with van der Waals surface area (Å²) in [6.45, 7) is 7.70. The van der Waals surface area contributed by atoms with Crippen LogP contribution in [-0.2, 0) is 0 Å². The van der Waals surface area contributed by atoms with Crippen LogP contribution >= 0.6 is 0 Å². The van der Waals surface area contributed by atoms with Gasteiger partial charge in [0.05, 0.1) is 0 Å². The Morgan fingerprint density at radius 1 is 1.25 bits per heavy atom. The highest BCUT2D eigenvalue weighted by Gasteiger charge is 2.34. The molecule has 1 heteroatoms. The minimum Gasteiger partial charge on any atom is -0.314 e. The zero-order valence-electron chi connectivity index (χ0n) is 11.2. The van der Waals surface area contributed by atoms with E-state index in [1.165, 1.54) is 38.5 Å². The number of hydrogen-bond donors (Lipinski definition) is 1. The third kappa shape index (κ3) is 3.83. The zero-order chi connectivity index (χ0) is 11.9. The smallest absolute Gasteiger partial charge is 0.0130 e. The molecule has 1 saturated carbocycles. The van der Waals surface area contributed by atoms with Crippen LogP contribution in [0.2, 0.25) is 0 Å². The summed E-state index contributed by atoms with van der Waals surface area (Å²) < 4.78 is 0. The van der Waals surface area contributed by atoms with Crippen molar-refractivity contribution in [2.24, 2.45) is 5.41 Å². The maximum absolute atomic E-state index is 3.68. The molecule has 1 nitrogen and oxygen atoms in total. The second-order valence-electron chi connectivity index (χ2n) is 5.29. The molecule has 0 aliphatic heterocycles. The fraction of sp³-hybridized carbons (Fsp3) is 0.867. The van der Waals surface area contributed by atoms with Crippen molar-refractivity contribution >= 4 is 0 Å². The van der Waals surface area contributed by atoms with Crippen molar-refractivity contribution in [1.82, 2.24) is 5.32 Å². The van der Waals surface area contributed by atoms with E-state index in [4.69, 9.17) is 0 Å². The van der Waals surface area contributed by atoms with E-state index >= 15 is 0 Å². The first-order chi connectivity index (χ1) is 7.73. The molecule has 0 bridgehead atoms. The van der Waals surface area contributed by atoms with Gasteiger partial charge >= 0.3 is 0 Å². The Balaban J connectivity index is 2.54. The molecule has 1 unspecified atom stereocenters. The molecule has 0 aromatic heterocycles. The van der Waals surface area contributed by atoms with Gasteiger partial charge in [-0.1, -0.05) is 33.1 Å². The Hall–Kier alpha value is -0.480. The van der Waals surface area contributed by atoms with Crippen molar-refractivity contribution in [3.05, 3.63) is 0 Å². The first-order valence-electron chi connectivity index (χ1n) is 6.86. The van der Waals surface area contributed by atoms with Gasteiger partial charge in [-0.15, -0.1) is 11.8 Å². The maximum atomic E-state index is 3.68. The molecule has 0 spiro atoms. The van der Waals surface area contributed by atoms with E-state index in [-0.39, 0.29) is 0 Å². The molecule has 0 aromatic rings. The van der Waals surface area contributed by atoms with Crippen molar-refractivity contribution < 1.29 is 0 Å². The standard InChI is InChI=1S/C15H27N/c1-4-6-8-11-14(16-5-2)15(3)12-9-7-10-13-15/h14,16H,5,7-13H2,1-3H3. The highest BCUT2D eigenvalue weighted by molar-refractivity contribution is 4.98. The Morgan fingerprint density at radius 2 is 1.94 bits per heavy atom. The van der Waals surface area contributed by atoms with Crippen LogP contribution in [0.5, 0.6) is 0 Å². The predicted molar refractivity (Wildman–Crippen MR) is 71.3 cm³/mol. The van der Waals surface area contributed by atoms with Crippen LogP contribution in [0, 0.1) is 17.3 Å². The Morgan fingerprint density at radius 3 is 2.50 bits per heavy atom. The van der Waals surface area contributed by atoms with E-state index in [9.17, 15) is 0 Å². The van der Waals surface area contributed by atoms with Gasteiger partial charge in [0.1, 0.15) is 0 Å². The van der Waals surface area contributed by atoms with Crippen LogP contribution in [0.15, 0.2) is 0 Å². The molecule has 16 heavy (non-hydrogen) atoms. The largest absolute Gasteiger partial charge is 0.314 e. The van der Waals surface area contributed by atoms with Crippen LogP contribution in [0.3, 0.4) is 0 Å². The number of rotatable bonds is 5. The summed E-state index contributed by atoms with van der Waals surface area (Å²) in [4.78, 5) is 0. The van der Waals surface area contributed by atoms with Crippen molar-refractivity contribution in [3.63, 3.8) is 0 Å². The van der Waals surface area contributed by atoms with Gasteiger partial charge in [-0.05, 0) is 38.1 Å². The van der Waals surface area contributed by atoms with Crippen molar-refractivity contribution in [2.75, 3.05) is 6.54 Å². The lowest BCUT2D eigenvalue weighted by Crippen LogP contribution is -2.44. The molecule has 1 atom stereocenters. The lowest BCUT2D eigenvalue weighted by Gasteiger charge is -2.41. The topological polar surface area (TPSA) is 12.0 Å². The Kier molecular flexibility index (Phi) is 5.91. The summed E-state index contributed by atoms with van der Waals surface area (Å²) >= 11 is 0. The van der Waals surface area contributed by atoms with Gasteiger partial charge in [0.25, 0.3) is 0 Å². The zero-order valence-corrected chi connectivity index (χ0v) is 11.2. The number of hydrogen-bond acceptors (Lipinski definition) is 1. The Bertz CT molecular complexity index is 240. The van der Waals surface area contributed by atoms with E-state index < -0.39 is 0 Å². The van der Waals surface area contributed by atoms with E-state index in [0.717, 1.165) is 13.0 Å². The molecule has 0 saturated heterocycles. The van der Waals surface area contributed by atoms with E-state index in [1.807, 2.05) is 6.92 Å². The third-order valence-corrected chi connectivity index (χ3v) is 4.02. The SMILES string of the molecule is CC#CCCC(NCC)C1(C)CCCCC1. The molecule has 0 aromatic carbocycles. The summed E-state index contributed by atoms with van der Waals surface area (Å²) in [6, 6.07) is 0.665. The van der Waals surface area contributed by atoms with Crippen LogP contribution in [0.25, 0.3) is 0 Å². The molecule has 0 heterocycles. The van der Waals surface area contributed by atoms with Gasteiger partial charge in [-0.25, -0.2) is 0 Å². The molecule has 1 aliphatic carbocycles. The van der Waals surface area contributed by atoms with Crippen molar-refractivity contribution in [3.8, 4) is 11.8 Å². The molecule has 1 aliphatic rings. The summed E-state index contributed by atoms with van der Waals surface area (Å²) in [7, 11) is 0. The molecule has 0 amide bonds. The lowest BCUT2D eigenvalue weighted by atomic mass is 9.69. The molecule has 92 valence electrons. The van der Waals surface area contributed by atoms with E-state index in [2.05, 4.69) is 31.0 Å². The van der Waals surface area contributed by atoms with Gasteiger partial charge < -0.3 is 5.32 Å². The van der Waals surface area contributed by atoms with Crippen LogP contribution in [0.1, 0.15) is 65.7 Å². The fourth-order valence-electron chi connectivity index (χ4n) is 2.99. The fourth-order valence-corrected chi connectivity index (χ4v) is 2.99. The minimum absolute atomic E-state index is 0.518. The molecule has 1 rings (SSSR count). The summed E-state index contributed by atoms with van der Waals surface area (Å²) in [5.74, 6) is 6.21. The first-order valence-corrected chi connectivity index (χ1v) is 6.86. The number of nitrogens with one attached hydrogen (secondary N) is 1. The second-order valence-corrected chi connectivity index (χ2v) is 5.29. The molecule has 1 N–H and O–H groups in total. The summed E-state index contributed by atoms with van der Waals surface area (Å²) in [6.07, 6.45) is 9.31. The maximum Gasteiger partial charge on any atom is 0.0130 e. The predicted octanol–water partition coefficient (Wildman–Crippen LogP) is 3.74. The summed E-state index contributed by atoms with van der Waals surface area (Å²) in [5, 5.41) is 3.68.